The van der Waals surface area contributed by atoms with Crippen molar-refractivity contribution in [2.75, 3.05) is 53.2 Å². The predicted molar refractivity (Wildman–Crippen MR) is 125 cm³/mol. The summed E-state index contributed by atoms with van der Waals surface area (Å²) in [6.45, 7) is 8.36. The van der Waals surface area contributed by atoms with Crippen molar-refractivity contribution in [1.29, 1.82) is 0 Å². The van der Waals surface area contributed by atoms with E-state index in [1.807, 2.05) is 13.0 Å². The normalized spacial score (nSPS) is 19.4. The van der Waals surface area contributed by atoms with Gasteiger partial charge in [0.2, 0.25) is 5.78 Å². The molecule has 0 aliphatic carbocycles. The Hall–Kier alpha value is -3.20. The van der Waals surface area contributed by atoms with Gasteiger partial charge in [-0.25, -0.2) is 4.79 Å². The van der Waals surface area contributed by atoms with E-state index in [9.17, 15) is 9.59 Å². The standard InChI is InChI=1S/C26H28N2O6/c1-17-13-21-20(15-28(16-33-21)8-7-27-9-11-32-12-10-27)25-23(17)24(29)22(34-25)14-18-3-5-19(6-4-18)26(30)31-2/h3-6,13-14H,7-12,15-16H2,1-2H3/b22-14-. The van der Waals surface area contributed by atoms with Crippen molar-refractivity contribution in [2.45, 2.75) is 13.5 Å². The largest absolute Gasteiger partial charge is 0.478 e. The fraction of sp³-hybridized carbons (Fsp3) is 0.385. The van der Waals surface area contributed by atoms with Crippen molar-refractivity contribution in [2.24, 2.45) is 0 Å². The fourth-order valence-corrected chi connectivity index (χ4v) is 4.51. The summed E-state index contributed by atoms with van der Waals surface area (Å²) in [4.78, 5) is 29.5. The van der Waals surface area contributed by atoms with Gasteiger partial charge in [0.05, 0.1) is 37.0 Å². The molecule has 3 heterocycles. The third-order valence-corrected chi connectivity index (χ3v) is 6.45. The number of ketones is 1. The molecule has 0 aromatic heterocycles. The van der Waals surface area contributed by atoms with E-state index in [-0.39, 0.29) is 11.5 Å². The van der Waals surface area contributed by atoms with Gasteiger partial charge in [-0.05, 0) is 42.3 Å². The Bertz CT molecular complexity index is 1130. The highest BCUT2D eigenvalue weighted by Gasteiger charge is 2.35. The minimum Gasteiger partial charge on any atom is -0.478 e. The van der Waals surface area contributed by atoms with E-state index in [0.29, 0.717) is 30.2 Å². The molecule has 5 rings (SSSR count). The highest BCUT2D eigenvalue weighted by molar-refractivity contribution is 6.16. The lowest BCUT2D eigenvalue weighted by molar-refractivity contribution is 0.0239. The van der Waals surface area contributed by atoms with Gasteiger partial charge in [-0.2, -0.15) is 0 Å². The number of allylic oxidation sites excluding steroid dienone is 1. The molecule has 0 radical (unpaired) electrons. The van der Waals surface area contributed by atoms with Crippen molar-refractivity contribution >= 4 is 17.8 Å². The van der Waals surface area contributed by atoms with Crippen LogP contribution in [0.2, 0.25) is 0 Å². The number of esters is 1. The minimum absolute atomic E-state index is 0.141. The molecular formula is C26H28N2O6. The molecule has 3 aliphatic heterocycles. The van der Waals surface area contributed by atoms with E-state index in [0.717, 1.165) is 61.8 Å². The second kappa shape index (κ2) is 9.58. The summed E-state index contributed by atoms with van der Waals surface area (Å²) >= 11 is 0. The maximum Gasteiger partial charge on any atom is 0.337 e. The van der Waals surface area contributed by atoms with E-state index < -0.39 is 5.97 Å². The molecule has 0 amide bonds. The molecule has 8 nitrogen and oxygen atoms in total. The van der Waals surface area contributed by atoms with Crippen molar-refractivity contribution in [1.82, 2.24) is 9.80 Å². The number of rotatable bonds is 5. The van der Waals surface area contributed by atoms with Gasteiger partial charge in [-0.3, -0.25) is 14.6 Å². The zero-order valence-corrected chi connectivity index (χ0v) is 19.5. The zero-order chi connectivity index (χ0) is 23.7. The number of morpholine rings is 1. The summed E-state index contributed by atoms with van der Waals surface area (Å²) in [5.74, 6) is 1.09. The van der Waals surface area contributed by atoms with Gasteiger partial charge in [0.1, 0.15) is 18.2 Å². The van der Waals surface area contributed by atoms with Crippen LogP contribution >= 0.6 is 0 Å². The van der Waals surface area contributed by atoms with Crippen LogP contribution in [0.15, 0.2) is 36.1 Å². The van der Waals surface area contributed by atoms with Crippen molar-refractivity contribution in [3.05, 3.63) is 63.9 Å². The number of benzene rings is 2. The van der Waals surface area contributed by atoms with Crippen molar-refractivity contribution in [3.8, 4) is 11.5 Å². The number of carbonyl (C=O) groups excluding carboxylic acids is 2. The van der Waals surface area contributed by atoms with Crippen LogP contribution in [0, 0.1) is 6.92 Å². The maximum atomic E-state index is 13.2. The topological polar surface area (TPSA) is 77.5 Å². The average Bonchev–Trinajstić information content (AvgIpc) is 3.20. The van der Waals surface area contributed by atoms with Gasteiger partial charge < -0.3 is 18.9 Å². The number of aryl methyl sites for hydroxylation is 1. The van der Waals surface area contributed by atoms with Crippen LogP contribution in [0.3, 0.4) is 0 Å². The third kappa shape index (κ3) is 4.44. The molecule has 34 heavy (non-hydrogen) atoms. The number of methoxy groups -OCH3 is 1. The summed E-state index contributed by atoms with van der Waals surface area (Å²) in [5.41, 5.74) is 3.55. The van der Waals surface area contributed by atoms with Crippen LogP contribution in [0.25, 0.3) is 6.08 Å². The molecule has 0 spiro atoms. The first-order valence-electron chi connectivity index (χ1n) is 11.5. The first kappa shape index (κ1) is 22.6. The lowest BCUT2D eigenvalue weighted by Gasteiger charge is -2.33. The number of hydrogen-bond acceptors (Lipinski definition) is 8. The van der Waals surface area contributed by atoms with Crippen LogP contribution in [-0.2, 0) is 16.0 Å². The Kier molecular flexibility index (Phi) is 6.36. The number of hydrogen-bond donors (Lipinski definition) is 0. The molecule has 0 bridgehead atoms. The lowest BCUT2D eigenvalue weighted by atomic mass is 9.98. The predicted octanol–water partition coefficient (Wildman–Crippen LogP) is 2.88. The molecule has 8 heteroatoms. The van der Waals surface area contributed by atoms with Gasteiger partial charge >= 0.3 is 5.97 Å². The number of nitrogens with zero attached hydrogens (tertiary/aromatic N) is 2. The van der Waals surface area contributed by atoms with Gasteiger partial charge in [-0.1, -0.05) is 12.1 Å². The van der Waals surface area contributed by atoms with Crippen LogP contribution in [0.1, 0.15) is 37.4 Å². The van der Waals surface area contributed by atoms with E-state index in [2.05, 4.69) is 9.80 Å². The lowest BCUT2D eigenvalue weighted by Crippen LogP contribution is -2.43. The molecule has 2 aromatic rings. The fourth-order valence-electron chi connectivity index (χ4n) is 4.51. The first-order chi connectivity index (χ1) is 16.5. The quantitative estimate of drug-likeness (QED) is 0.494. The maximum absolute atomic E-state index is 13.2. The number of Topliss-reactive ketones (excluding diaryl/α,β-unsaturated/α-hetero) is 1. The molecule has 0 unspecified atom stereocenters. The van der Waals surface area contributed by atoms with Crippen LogP contribution in [0.5, 0.6) is 11.5 Å². The number of ether oxygens (including phenoxy) is 4. The van der Waals surface area contributed by atoms with E-state index in [4.69, 9.17) is 18.9 Å². The van der Waals surface area contributed by atoms with Crippen molar-refractivity contribution in [3.63, 3.8) is 0 Å². The molecule has 1 saturated heterocycles. The SMILES string of the molecule is COC(=O)c1ccc(/C=C2\Oc3c4c(cc(C)c3C2=O)OCN(CCN2CCOCC2)C4)cc1. The highest BCUT2D eigenvalue weighted by atomic mass is 16.5. The zero-order valence-electron chi connectivity index (χ0n) is 19.5. The Morgan fingerprint density at radius 3 is 2.59 bits per heavy atom. The van der Waals surface area contributed by atoms with E-state index in [1.165, 1.54) is 7.11 Å². The Morgan fingerprint density at radius 2 is 1.85 bits per heavy atom. The monoisotopic (exact) mass is 464 g/mol. The first-order valence-corrected chi connectivity index (χ1v) is 11.5. The molecule has 3 aliphatic rings. The summed E-state index contributed by atoms with van der Waals surface area (Å²) < 4.78 is 22.3. The van der Waals surface area contributed by atoms with Crippen LogP contribution < -0.4 is 9.47 Å². The smallest absolute Gasteiger partial charge is 0.337 e. The summed E-state index contributed by atoms with van der Waals surface area (Å²) in [7, 11) is 1.34. The van der Waals surface area contributed by atoms with Gasteiger partial charge in [0, 0.05) is 32.7 Å². The number of carbonyl (C=O) groups is 2. The molecular weight excluding hydrogens is 436 g/mol. The van der Waals surface area contributed by atoms with Crippen LogP contribution in [-0.4, -0.2) is 74.8 Å². The molecule has 0 saturated carbocycles. The molecule has 178 valence electrons. The van der Waals surface area contributed by atoms with E-state index in [1.54, 1.807) is 30.3 Å². The highest BCUT2D eigenvalue weighted by Crippen LogP contribution is 2.44. The summed E-state index contributed by atoms with van der Waals surface area (Å²) in [6.07, 6.45) is 1.70. The Morgan fingerprint density at radius 1 is 1.12 bits per heavy atom. The Balaban J connectivity index is 1.35. The second-order valence-corrected chi connectivity index (χ2v) is 8.71. The van der Waals surface area contributed by atoms with Crippen molar-refractivity contribution < 1.29 is 28.5 Å². The summed E-state index contributed by atoms with van der Waals surface area (Å²) in [5, 5.41) is 0. The van der Waals surface area contributed by atoms with Gasteiger partial charge in [-0.15, -0.1) is 0 Å². The van der Waals surface area contributed by atoms with Gasteiger partial charge in [0.15, 0.2) is 5.76 Å². The number of fused-ring (bicyclic) bond motifs is 3. The molecule has 1 fully saturated rings. The molecule has 2 aromatic carbocycles. The van der Waals surface area contributed by atoms with Gasteiger partial charge in [0.25, 0.3) is 0 Å². The van der Waals surface area contributed by atoms with E-state index >= 15 is 0 Å². The minimum atomic E-state index is -0.403. The third-order valence-electron chi connectivity index (χ3n) is 6.45. The Labute approximate surface area is 198 Å². The summed E-state index contributed by atoms with van der Waals surface area (Å²) in [6, 6.07) is 8.79. The molecule has 0 atom stereocenters. The average molecular weight is 465 g/mol. The molecule has 0 N–H and O–H groups in total. The second-order valence-electron chi connectivity index (χ2n) is 8.71. The van der Waals surface area contributed by atoms with Crippen LogP contribution in [0.4, 0.5) is 0 Å².